The average Bonchev–Trinajstić information content (AvgIpc) is 2.86. The maximum atomic E-state index is 12.2. The summed E-state index contributed by atoms with van der Waals surface area (Å²) in [6.45, 7) is 4.08. The number of rotatable bonds is 9. The van der Waals surface area contributed by atoms with Gasteiger partial charge in [-0.05, 0) is 55.8 Å². The van der Waals surface area contributed by atoms with Crippen LogP contribution in [-0.4, -0.2) is 63.6 Å². The molecule has 1 fully saturated rings. The highest BCUT2D eigenvalue weighted by molar-refractivity contribution is 14.0. The van der Waals surface area contributed by atoms with Gasteiger partial charge in [-0.3, -0.25) is 14.7 Å². The van der Waals surface area contributed by atoms with Gasteiger partial charge in [-0.2, -0.15) is 0 Å². The summed E-state index contributed by atoms with van der Waals surface area (Å²) in [5.74, 6) is 1.53. The molecule has 33 heavy (non-hydrogen) atoms. The zero-order valence-electron chi connectivity index (χ0n) is 19.5. The molecule has 0 bridgehead atoms. The number of aliphatic imine (C=N–C) groups is 1. The van der Waals surface area contributed by atoms with Crippen molar-refractivity contribution >= 4 is 35.8 Å². The number of halogens is 1. The molecule has 0 aromatic heterocycles. The number of piperidine rings is 1. The molecule has 1 heterocycles. The van der Waals surface area contributed by atoms with Gasteiger partial charge < -0.3 is 20.7 Å². The van der Waals surface area contributed by atoms with E-state index in [0.717, 1.165) is 31.3 Å². The van der Waals surface area contributed by atoms with Crippen LogP contribution in [0.15, 0.2) is 59.6 Å². The first-order valence-corrected chi connectivity index (χ1v) is 11.4. The lowest BCUT2D eigenvalue weighted by Crippen LogP contribution is -2.46. The summed E-state index contributed by atoms with van der Waals surface area (Å²) >= 11 is 0. The molecule has 3 N–H and O–H groups in total. The van der Waals surface area contributed by atoms with Crippen molar-refractivity contribution in [3.63, 3.8) is 0 Å². The van der Waals surface area contributed by atoms with Crippen molar-refractivity contribution in [1.82, 2.24) is 20.9 Å². The average molecular weight is 566 g/mol. The molecule has 1 atom stereocenters. The minimum atomic E-state index is -0.0694. The van der Waals surface area contributed by atoms with Crippen LogP contribution >= 0.6 is 24.0 Å². The molecule has 3 rings (SSSR count). The second-order valence-corrected chi connectivity index (χ2v) is 7.89. The van der Waals surface area contributed by atoms with Crippen LogP contribution in [0.3, 0.4) is 0 Å². The maximum Gasteiger partial charge on any atom is 0.251 e. The number of methoxy groups -OCH3 is 1. The van der Waals surface area contributed by atoms with Crippen LogP contribution in [0.2, 0.25) is 0 Å². The van der Waals surface area contributed by atoms with Gasteiger partial charge in [0.15, 0.2) is 5.96 Å². The second kappa shape index (κ2) is 14.7. The van der Waals surface area contributed by atoms with E-state index in [1.807, 2.05) is 42.5 Å². The number of carbonyl (C=O) groups excluding carboxylic acids is 1. The third-order valence-corrected chi connectivity index (χ3v) is 5.76. The SMILES string of the molecule is CN=C(NCCNC(=O)c1ccccc1)NCC(c1ccc(OC)cc1)N1CCCCC1.I. The zero-order chi connectivity index (χ0) is 22.6. The molecule has 0 radical (unpaired) electrons. The standard InChI is InChI=1S/C25H35N5O2.HI/c1-26-25(28-16-15-27-24(31)21-9-5-3-6-10-21)29-19-23(30-17-7-4-8-18-30)20-11-13-22(32-2)14-12-20;/h3,5-6,9-14,23H,4,7-8,15-19H2,1-2H3,(H,27,31)(H2,26,28,29);1H. The number of nitrogens with zero attached hydrogens (tertiary/aromatic N) is 2. The number of guanidine groups is 1. The molecule has 0 spiro atoms. The fourth-order valence-corrected chi connectivity index (χ4v) is 3.98. The number of likely N-dealkylation sites (tertiary alicyclic amines) is 1. The van der Waals surface area contributed by atoms with Crippen molar-refractivity contribution in [1.29, 1.82) is 0 Å². The zero-order valence-corrected chi connectivity index (χ0v) is 21.9. The Morgan fingerprint density at radius 3 is 2.27 bits per heavy atom. The smallest absolute Gasteiger partial charge is 0.251 e. The van der Waals surface area contributed by atoms with Crippen LogP contribution in [0.25, 0.3) is 0 Å². The largest absolute Gasteiger partial charge is 0.497 e. The van der Waals surface area contributed by atoms with Gasteiger partial charge in [0.1, 0.15) is 5.75 Å². The third kappa shape index (κ3) is 8.51. The number of ether oxygens (including phenoxy) is 1. The van der Waals surface area contributed by atoms with Crippen molar-refractivity contribution in [2.24, 2.45) is 4.99 Å². The van der Waals surface area contributed by atoms with Crippen LogP contribution in [0, 0.1) is 0 Å². The highest BCUT2D eigenvalue weighted by Gasteiger charge is 2.22. The van der Waals surface area contributed by atoms with Crippen molar-refractivity contribution < 1.29 is 9.53 Å². The number of carbonyl (C=O) groups is 1. The minimum absolute atomic E-state index is 0. The molecule has 2 aromatic carbocycles. The van der Waals surface area contributed by atoms with E-state index in [1.54, 1.807) is 14.2 Å². The second-order valence-electron chi connectivity index (χ2n) is 7.89. The molecule has 7 nitrogen and oxygen atoms in total. The number of amides is 1. The lowest BCUT2D eigenvalue weighted by atomic mass is 10.0. The number of benzene rings is 2. The first kappa shape index (κ1) is 26.9. The summed E-state index contributed by atoms with van der Waals surface area (Å²) in [4.78, 5) is 19.0. The Kier molecular flexibility index (Phi) is 12.0. The van der Waals surface area contributed by atoms with Gasteiger partial charge in [0.2, 0.25) is 0 Å². The van der Waals surface area contributed by atoms with E-state index in [9.17, 15) is 4.79 Å². The van der Waals surface area contributed by atoms with Gasteiger partial charge in [-0.15, -0.1) is 24.0 Å². The third-order valence-electron chi connectivity index (χ3n) is 5.76. The Balaban J connectivity index is 0.00000385. The topological polar surface area (TPSA) is 78.0 Å². The van der Waals surface area contributed by atoms with Crippen molar-refractivity contribution in [3.05, 3.63) is 65.7 Å². The molecule has 1 aliphatic heterocycles. The quantitative estimate of drug-likeness (QED) is 0.188. The monoisotopic (exact) mass is 565 g/mol. The number of hydrogen-bond donors (Lipinski definition) is 3. The molecule has 8 heteroatoms. The summed E-state index contributed by atoms with van der Waals surface area (Å²) in [7, 11) is 3.46. The fraction of sp³-hybridized carbons (Fsp3) is 0.440. The maximum absolute atomic E-state index is 12.2. The van der Waals surface area contributed by atoms with Gasteiger partial charge in [-0.1, -0.05) is 36.8 Å². The lowest BCUT2D eigenvalue weighted by Gasteiger charge is -2.35. The highest BCUT2D eigenvalue weighted by Crippen LogP contribution is 2.25. The van der Waals surface area contributed by atoms with Gasteiger partial charge in [-0.25, -0.2) is 0 Å². The van der Waals surface area contributed by atoms with E-state index in [-0.39, 0.29) is 35.9 Å². The van der Waals surface area contributed by atoms with E-state index in [1.165, 1.54) is 24.8 Å². The van der Waals surface area contributed by atoms with E-state index >= 15 is 0 Å². The Labute approximate surface area is 214 Å². The van der Waals surface area contributed by atoms with Crippen LogP contribution < -0.4 is 20.7 Å². The molecular weight excluding hydrogens is 529 g/mol. The van der Waals surface area contributed by atoms with Crippen LogP contribution in [0.5, 0.6) is 5.75 Å². The van der Waals surface area contributed by atoms with E-state index < -0.39 is 0 Å². The molecule has 0 saturated carbocycles. The predicted octanol–water partition coefficient (Wildman–Crippen LogP) is 3.44. The molecule has 0 aliphatic carbocycles. The van der Waals surface area contributed by atoms with E-state index in [4.69, 9.17) is 4.74 Å². The first-order chi connectivity index (χ1) is 15.7. The molecule has 180 valence electrons. The molecular formula is C25H36IN5O2. The summed E-state index contributed by atoms with van der Waals surface area (Å²) in [6.07, 6.45) is 3.78. The van der Waals surface area contributed by atoms with Gasteiger partial charge in [0.05, 0.1) is 13.2 Å². The minimum Gasteiger partial charge on any atom is -0.497 e. The lowest BCUT2D eigenvalue weighted by molar-refractivity contribution is 0.0954. The summed E-state index contributed by atoms with van der Waals surface area (Å²) in [5.41, 5.74) is 1.93. The highest BCUT2D eigenvalue weighted by atomic mass is 127. The van der Waals surface area contributed by atoms with Crippen molar-refractivity contribution in [3.8, 4) is 5.75 Å². The normalized spacial score (nSPS) is 15.2. The molecule has 1 unspecified atom stereocenters. The van der Waals surface area contributed by atoms with Crippen molar-refractivity contribution in [2.45, 2.75) is 25.3 Å². The fourth-order valence-electron chi connectivity index (χ4n) is 3.98. The van der Waals surface area contributed by atoms with Gasteiger partial charge >= 0.3 is 0 Å². The predicted molar refractivity (Wildman–Crippen MR) is 145 cm³/mol. The molecule has 1 amide bonds. The van der Waals surface area contributed by atoms with Crippen LogP contribution in [0.4, 0.5) is 0 Å². The molecule has 2 aromatic rings. The first-order valence-electron chi connectivity index (χ1n) is 11.4. The summed E-state index contributed by atoms with van der Waals surface area (Å²) in [5, 5.41) is 9.68. The summed E-state index contributed by atoms with van der Waals surface area (Å²) in [6, 6.07) is 17.8. The Hall–Kier alpha value is -2.33. The number of hydrogen-bond acceptors (Lipinski definition) is 4. The Bertz CT molecular complexity index is 855. The molecule has 1 aliphatic rings. The van der Waals surface area contributed by atoms with Gasteiger partial charge in [0.25, 0.3) is 5.91 Å². The van der Waals surface area contributed by atoms with Gasteiger partial charge in [0, 0.05) is 32.2 Å². The van der Waals surface area contributed by atoms with Crippen molar-refractivity contribution in [2.75, 3.05) is 46.9 Å². The van der Waals surface area contributed by atoms with E-state index in [0.29, 0.717) is 18.7 Å². The Morgan fingerprint density at radius 1 is 0.970 bits per heavy atom. The van der Waals surface area contributed by atoms with Crippen LogP contribution in [-0.2, 0) is 0 Å². The molecule has 1 saturated heterocycles. The Morgan fingerprint density at radius 2 is 1.64 bits per heavy atom. The van der Waals surface area contributed by atoms with Crippen LogP contribution in [0.1, 0.15) is 41.2 Å². The van der Waals surface area contributed by atoms with E-state index in [2.05, 4.69) is 38.0 Å². The summed E-state index contributed by atoms with van der Waals surface area (Å²) < 4.78 is 5.32. The number of nitrogens with one attached hydrogen (secondary N) is 3.